The predicted octanol–water partition coefficient (Wildman–Crippen LogP) is 3.13. The van der Waals surface area contributed by atoms with Gasteiger partial charge in [0.2, 0.25) is 0 Å². The van der Waals surface area contributed by atoms with Gasteiger partial charge in [0, 0.05) is 24.3 Å². The first-order valence-corrected chi connectivity index (χ1v) is 7.05. The van der Waals surface area contributed by atoms with E-state index >= 15 is 0 Å². The number of rotatable bonds is 5. The van der Waals surface area contributed by atoms with E-state index in [0.29, 0.717) is 11.0 Å². The van der Waals surface area contributed by atoms with Crippen molar-refractivity contribution in [2.75, 3.05) is 4.90 Å². The molecule has 0 saturated heterocycles. The van der Waals surface area contributed by atoms with Crippen LogP contribution in [-0.4, -0.2) is 16.0 Å². The third kappa shape index (κ3) is 3.33. The number of benzene rings is 1. The van der Waals surface area contributed by atoms with Crippen LogP contribution in [0.5, 0.6) is 0 Å². The number of nitrogens with two attached hydrogens (primary N) is 1. The highest BCUT2D eigenvalue weighted by atomic mass is 32.1. The van der Waals surface area contributed by atoms with E-state index in [0.717, 1.165) is 17.8 Å². The summed E-state index contributed by atoms with van der Waals surface area (Å²) >= 11 is 5.14. The van der Waals surface area contributed by atoms with E-state index in [2.05, 4.69) is 35.9 Å². The van der Waals surface area contributed by atoms with Crippen molar-refractivity contribution in [2.24, 2.45) is 5.73 Å². The summed E-state index contributed by atoms with van der Waals surface area (Å²) in [5.74, 6) is 0. The van der Waals surface area contributed by atoms with Crippen molar-refractivity contribution in [3.8, 4) is 0 Å². The van der Waals surface area contributed by atoms with Crippen molar-refractivity contribution < 1.29 is 0 Å². The molecule has 2 aromatic rings. The predicted molar refractivity (Wildman–Crippen MR) is 87.9 cm³/mol. The summed E-state index contributed by atoms with van der Waals surface area (Å²) in [6.45, 7) is 5.11. The van der Waals surface area contributed by atoms with Crippen LogP contribution in [0.2, 0.25) is 0 Å². The zero-order chi connectivity index (χ0) is 14.5. The normalized spacial score (nSPS) is 10.6. The fraction of sp³-hybridized carbons (Fsp3) is 0.250. The molecule has 1 aromatic heterocycles. The number of nitrogens with zero attached hydrogens (tertiary/aromatic N) is 2. The third-order valence-corrected chi connectivity index (χ3v) is 3.41. The quantitative estimate of drug-likeness (QED) is 0.857. The summed E-state index contributed by atoms with van der Waals surface area (Å²) in [5, 5.41) is 0. The molecule has 0 unspecified atom stereocenters. The van der Waals surface area contributed by atoms with Crippen molar-refractivity contribution >= 4 is 22.9 Å². The van der Waals surface area contributed by atoms with Gasteiger partial charge in [0.25, 0.3) is 0 Å². The second-order valence-corrected chi connectivity index (χ2v) is 5.40. The third-order valence-electron chi connectivity index (χ3n) is 3.19. The Balaban J connectivity index is 2.37. The van der Waals surface area contributed by atoms with E-state index in [-0.39, 0.29) is 0 Å². The fourth-order valence-corrected chi connectivity index (χ4v) is 2.32. The summed E-state index contributed by atoms with van der Waals surface area (Å²) in [4.78, 5) is 6.88. The molecule has 2 rings (SSSR count). The van der Waals surface area contributed by atoms with Crippen molar-refractivity contribution in [1.82, 2.24) is 4.98 Å². The number of aromatic nitrogens is 1. The Bertz CT molecular complexity index is 581. The molecule has 104 valence electrons. The smallest absolute Gasteiger partial charge is 0.106 e. The maximum atomic E-state index is 5.82. The number of hydrogen-bond donors (Lipinski definition) is 1. The maximum absolute atomic E-state index is 5.82. The van der Waals surface area contributed by atoms with Gasteiger partial charge in [-0.05, 0) is 25.5 Å². The minimum absolute atomic E-state index is 0.326. The topological polar surface area (TPSA) is 42.2 Å². The molecule has 0 bridgehead atoms. The van der Waals surface area contributed by atoms with E-state index in [1.165, 1.54) is 5.56 Å². The van der Waals surface area contributed by atoms with E-state index in [4.69, 9.17) is 18.0 Å². The molecule has 0 atom stereocenters. The molecule has 0 saturated carbocycles. The highest BCUT2D eigenvalue weighted by Crippen LogP contribution is 2.23. The second kappa shape index (κ2) is 6.48. The first-order chi connectivity index (χ1) is 9.59. The largest absolute Gasteiger partial charge is 0.389 e. The van der Waals surface area contributed by atoms with Gasteiger partial charge < -0.3 is 10.6 Å². The molecule has 0 radical (unpaired) electrons. The van der Waals surface area contributed by atoms with Gasteiger partial charge in [-0.15, -0.1) is 0 Å². The number of anilines is 1. The molecule has 2 N–H and O–H groups in total. The lowest BCUT2D eigenvalue weighted by atomic mass is 10.1. The molecule has 20 heavy (non-hydrogen) atoms. The van der Waals surface area contributed by atoms with Crippen LogP contribution in [0.4, 0.5) is 5.69 Å². The molecule has 0 aliphatic carbocycles. The lowest BCUT2D eigenvalue weighted by Crippen LogP contribution is -2.32. The SMILES string of the molecule is CC(C)N(Cc1ccccc1)c1cnccc1C(N)=S. The zero-order valence-electron chi connectivity index (χ0n) is 11.8. The zero-order valence-corrected chi connectivity index (χ0v) is 12.6. The molecule has 0 amide bonds. The van der Waals surface area contributed by atoms with Crippen LogP contribution in [-0.2, 0) is 6.54 Å². The Morgan fingerprint density at radius 1 is 1.25 bits per heavy atom. The first-order valence-electron chi connectivity index (χ1n) is 6.64. The van der Waals surface area contributed by atoms with Crippen LogP contribution in [0.25, 0.3) is 0 Å². The molecule has 0 aliphatic heterocycles. The van der Waals surface area contributed by atoms with E-state index in [9.17, 15) is 0 Å². The van der Waals surface area contributed by atoms with Crippen LogP contribution in [0, 0.1) is 0 Å². The van der Waals surface area contributed by atoms with Gasteiger partial charge in [-0.25, -0.2) is 0 Å². The average Bonchev–Trinajstić information content (AvgIpc) is 2.45. The summed E-state index contributed by atoms with van der Waals surface area (Å²) in [6, 6.07) is 12.5. The molecule has 0 fully saturated rings. The minimum Gasteiger partial charge on any atom is -0.389 e. The van der Waals surface area contributed by atoms with Crippen LogP contribution < -0.4 is 10.6 Å². The van der Waals surface area contributed by atoms with Crippen LogP contribution in [0.1, 0.15) is 25.0 Å². The lowest BCUT2D eigenvalue weighted by Gasteiger charge is -2.30. The van der Waals surface area contributed by atoms with Crippen molar-refractivity contribution in [1.29, 1.82) is 0 Å². The van der Waals surface area contributed by atoms with Crippen molar-refractivity contribution in [3.63, 3.8) is 0 Å². The van der Waals surface area contributed by atoms with Crippen LogP contribution >= 0.6 is 12.2 Å². The summed E-state index contributed by atoms with van der Waals surface area (Å²) < 4.78 is 0. The van der Waals surface area contributed by atoms with Gasteiger partial charge in [0.15, 0.2) is 0 Å². The average molecular weight is 285 g/mol. The molecule has 3 nitrogen and oxygen atoms in total. The highest BCUT2D eigenvalue weighted by Gasteiger charge is 2.16. The first kappa shape index (κ1) is 14.5. The summed E-state index contributed by atoms with van der Waals surface area (Å²) in [7, 11) is 0. The van der Waals surface area contributed by atoms with Crippen LogP contribution in [0.3, 0.4) is 0 Å². The molecular weight excluding hydrogens is 266 g/mol. The van der Waals surface area contributed by atoms with E-state index in [1.54, 1.807) is 6.20 Å². The minimum atomic E-state index is 0.326. The van der Waals surface area contributed by atoms with Gasteiger partial charge in [-0.3, -0.25) is 4.98 Å². The monoisotopic (exact) mass is 285 g/mol. The molecule has 0 aliphatic rings. The number of pyridine rings is 1. The molecule has 1 heterocycles. The fourth-order valence-electron chi connectivity index (χ4n) is 2.15. The van der Waals surface area contributed by atoms with Gasteiger partial charge in [-0.2, -0.15) is 0 Å². The van der Waals surface area contributed by atoms with Gasteiger partial charge >= 0.3 is 0 Å². The summed E-state index contributed by atoms with van der Waals surface area (Å²) in [5.41, 5.74) is 8.93. The Morgan fingerprint density at radius 2 is 1.95 bits per heavy atom. The maximum Gasteiger partial charge on any atom is 0.106 e. The number of hydrogen-bond acceptors (Lipinski definition) is 3. The summed E-state index contributed by atoms with van der Waals surface area (Å²) in [6.07, 6.45) is 3.55. The van der Waals surface area contributed by atoms with Crippen molar-refractivity contribution in [2.45, 2.75) is 26.4 Å². The van der Waals surface area contributed by atoms with Gasteiger partial charge in [0.1, 0.15) is 4.99 Å². The Labute approximate surface area is 125 Å². The van der Waals surface area contributed by atoms with E-state index < -0.39 is 0 Å². The Morgan fingerprint density at radius 3 is 2.55 bits per heavy atom. The highest BCUT2D eigenvalue weighted by molar-refractivity contribution is 7.80. The van der Waals surface area contributed by atoms with Gasteiger partial charge in [0.05, 0.1) is 11.9 Å². The van der Waals surface area contributed by atoms with Gasteiger partial charge in [-0.1, -0.05) is 42.5 Å². The Hall–Kier alpha value is -1.94. The van der Waals surface area contributed by atoms with E-state index in [1.807, 2.05) is 30.5 Å². The second-order valence-electron chi connectivity index (χ2n) is 4.96. The molecule has 0 spiro atoms. The van der Waals surface area contributed by atoms with Crippen LogP contribution in [0.15, 0.2) is 48.8 Å². The molecular formula is C16H19N3S. The number of thiocarbonyl (C=S) groups is 1. The lowest BCUT2D eigenvalue weighted by molar-refractivity contribution is 0.680. The molecule has 4 heteroatoms. The van der Waals surface area contributed by atoms with Crippen molar-refractivity contribution in [3.05, 3.63) is 59.9 Å². The Kier molecular flexibility index (Phi) is 4.69. The molecule has 1 aromatic carbocycles. The standard InChI is InChI=1S/C16H19N3S/c1-12(2)19(11-13-6-4-3-5-7-13)15-10-18-9-8-14(15)16(17)20/h3-10,12H,11H2,1-2H3,(H2,17,20).